The van der Waals surface area contributed by atoms with Crippen molar-refractivity contribution in [3.8, 4) is 23.0 Å². The van der Waals surface area contributed by atoms with E-state index < -0.39 is 18.2 Å². The van der Waals surface area contributed by atoms with E-state index in [4.69, 9.17) is 28.4 Å². The molecule has 3 aromatic rings. The van der Waals surface area contributed by atoms with Crippen molar-refractivity contribution in [2.75, 3.05) is 46.2 Å². The summed E-state index contributed by atoms with van der Waals surface area (Å²) >= 11 is 0. The molecule has 40 heavy (non-hydrogen) atoms. The average molecular weight is 551 g/mol. The molecular weight excluding hydrogens is 512 g/mol. The Kier molecular flexibility index (Phi) is 11.5. The van der Waals surface area contributed by atoms with Gasteiger partial charge in [-0.25, -0.2) is 4.79 Å². The average Bonchev–Trinajstić information content (AvgIpc) is 2.98. The zero-order valence-corrected chi connectivity index (χ0v) is 22.8. The summed E-state index contributed by atoms with van der Waals surface area (Å²) in [5.41, 5.74) is 0.278. The molecule has 214 valence electrons. The van der Waals surface area contributed by atoms with Crippen molar-refractivity contribution in [2.24, 2.45) is 0 Å². The lowest BCUT2D eigenvalue weighted by atomic mass is 9.96. The first-order chi connectivity index (χ1) is 19.6. The van der Waals surface area contributed by atoms with E-state index in [-0.39, 0.29) is 13.2 Å². The number of hydrogen-bond donors (Lipinski definition) is 1. The maximum absolute atomic E-state index is 11.6. The molecule has 8 heteroatoms. The van der Waals surface area contributed by atoms with E-state index in [1.54, 1.807) is 0 Å². The number of rotatable bonds is 9. The third kappa shape index (κ3) is 9.47. The van der Waals surface area contributed by atoms with Crippen molar-refractivity contribution in [1.29, 1.82) is 0 Å². The number of carbonyl (C=O) groups is 1. The van der Waals surface area contributed by atoms with Gasteiger partial charge in [-0.1, -0.05) is 67.4 Å². The minimum Gasteiger partial charge on any atom is -0.487 e. The lowest BCUT2D eigenvalue weighted by molar-refractivity contribution is -0.156. The zero-order valence-electron chi connectivity index (χ0n) is 22.8. The van der Waals surface area contributed by atoms with E-state index in [2.05, 4.69) is 12.1 Å². The fourth-order valence-electron chi connectivity index (χ4n) is 4.47. The highest BCUT2D eigenvalue weighted by molar-refractivity contribution is 5.68. The van der Waals surface area contributed by atoms with Gasteiger partial charge in [0.25, 0.3) is 0 Å². The normalized spacial score (nSPS) is 15.7. The summed E-state index contributed by atoms with van der Waals surface area (Å²) in [6, 6.07) is 25.2. The van der Waals surface area contributed by atoms with Crippen LogP contribution in [0.2, 0.25) is 0 Å². The van der Waals surface area contributed by atoms with E-state index in [1.807, 2.05) is 66.7 Å². The molecule has 1 heterocycles. The topological polar surface area (TPSA) is 92.7 Å². The van der Waals surface area contributed by atoms with Crippen LogP contribution in [0.1, 0.15) is 31.2 Å². The molecule has 0 radical (unpaired) electrons. The molecule has 0 saturated heterocycles. The van der Waals surface area contributed by atoms with Crippen molar-refractivity contribution in [2.45, 2.75) is 37.7 Å². The first kappa shape index (κ1) is 29.2. The SMILES string of the molecule is O=C(O)COC1(CCCCCc2ccccc2)COc2ccccc2OCCOCCOc2ccccc2OC1. The standard InChI is InChI=1S/C32H38O8/c33-31(34)23-40-32(18-10-2-5-13-26-11-3-1-4-12-26)24-38-29-16-8-6-14-27(29)36-21-19-35-20-22-37-28-15-7-9-17-30(28)39-25-32/h1,3-4,6-9,11-12,14-17H,2,5,10,13,18-25H2,(H,33,34). The molecule has 0 spiro atoms. The second-order valence-electron chi connectivity index (χ2n) is 9.69. The molecule has 0 fully saturated rings. The quantitative estimate of drug-likeness (QED) is 0.346. The van der Waals surface area contributed by atoms with Crippen LogP contribution in [0.15, 0.2) is 78.9 Å². The van der Waals surface area contributed by atoms with Crippen molar-refractivity contribution in [3.05, 3.63) is 84.4 Å². The second kappa shape index (κ2) is 15.7. The van der Waals surface area contributed by atoms with Crippen LogP contribution in [0, 0.1) is 0 Å². The Morgan fingerprint density at radius 3 is 1.75 bits per heavy atom. The number of aliphatic carboxylic acids is 1. The number of para-hydroxylation sites is 4. The van der Waals surface area contributed by atoms with Gasteiger partial charge in [-0.2, -0.15) is 0 Å². The fraction of sp³-hybridized carbons (Fsp3) is 0.406. The number of fused-ring (bicyclic) bond motifs is 2. The molecule has 0 unspecified atom stereocenters. The summed E-state index contributed by atoms with van der Waals surface area (Å²) < 4.78 is 36.0. The molecular formula is C32H38O8. The predicted octanol–water partition coefficient (Wildman–Crippen LogP) is 5.58. The molecule has 0 aromatic heterocycles. The van der Waals surface area contributed by atoms with E-state index in [0.717, 1.165) is 25.7 Å². The van der Waals surface area contributed by atoms with Gasteiger partial charge in [0.2, 0.25) is 0 Å². The van der Waals surface area contributed by atoms with Crippen LogP contribution in [0.4, 0.5) is 0 Å². The van der Waals surface area contributed by atoms with Crippen molar-refractivity contribution >= 4 is 5.97 Å². The lowest BCUT2D eigenvalue weighted by Gasteiger charge is -2.33. The summed E-state index contributed by atoms with van der Waals surface area (Å²) in [7, 11) is 0. The molecule has 0 aliphatic carbocycles. The molecule has 1 aliphatic heterocycles. The van der Waals surface area contributed by atoms with Gasteiger partial charge >= 0.3 is 5.97 Å². The summed E-state index contributed by atoms with van der Waals surface area (Å²) in [4.78, 5) is 11.6. The molecule has 1 aliphatic rings. The zero-order chi connectivity index (χ0) is 27.9. The van der Waals surface area contributed by atoms with Crippen LogP contribution in [0.3, 0.4) is 0 Å². The Bertz CT molecular complexity index is 1110. The van der Waals surface area contributed by atoms with Crippen LogP contribution in [0.5, 0.6) is 23.0 Å². The number of benzene rings is 3. The van der Waals surface area contributed by atoms with Gasteiger partial charge in [-0.15, -0.1) is 0 Å². The molecule has 0 atom stereocenters. The summed E-state index contributed by atoms with van der Waals surface area (Å²) in [5, 5.41) is 9.49. The van der Waals surface area contributed by atoms with E-state index in [9.17, 15) is 9.90 Å². The van der Waals surface area contributed by atoms with Crippen molar-refractivity contribution in [3.63, 3.8) is 0 Å². The molecule has 0 amide bonds. The van der Waals surface area contributed by atoms with Crippen LogP contribution in [-0.4, -0.2) is 62.9 Å². The first-order valence-corrected chi connectivity index (χ1v) is 13.8. The molecule has 0 bridgehead atoms. The smallest absolute Gasteiger partial charge is 0.329 e. The van der Waals surface area contributed by atoms with Gasteiger partial charge in [0, 0.05) is 0 Å². The van der Waals surface area contributed by atoms with Crippen LogP contribution in [0.25, 0.3) is 0 Å². The highest BCUT2D eigenvalue weighted by atomic mass is 16.6. The van der Waals surface area contributed by atoms with E-state index in [1.165, 1.54) is 5.56 Å². The largest absolute Gasteiger partial charge is 0.487 e. The number of carboxylic acid groups (broad SMARTS) is 1. The highest BCUT2D eigenvalue weighted by Crippen LogP contribution is 2.32. The number of ether oxygens (including phenoxy) is 6. The third-order valence-electron chi connectivity index (χ3n) is 6.59. The lowest BCUT2D eigenvalue weighted by Crippen LogP contribution is -2.46. The van der Waals surface area contributed by atoms with Gasteiger partial charge in [-0.05, 0) is 49.1 Å². The van der Waals surface area contributed by atoms with E-state index in [0.29, 0.717) is 55.8 Å². The Balaban J connectivity index is 1.53. The van der Waals surface area contributed by atoms with Crippen molar-refractivity contribution < 1.29 is 38.3 Å². The number of hydrogen-bond acceptors (Lipinski definition) is 7. The van der Waals surface area contributed by atoms with Gasteiger partial charge < -0.3 is 33.5 Å². The second-order valence-corrected chi connectivity index (χ2v) is 9.69. The van der Waals surface area contributed by atoms with Crippen LogP contribution >= 0.6 is 0 Å². The molecule has 0 saturated carbocycles. The minimum atomic E-state index is -1.05. The fourth-order valence-corrected chi connectivity index (χ4v) is 4.47. The number of carboxylic acids is 1. The first-order valence-electron chi connectivity index (χ1n) is 13.8. The van der Waals surface area contributed by atoms with E-state index >= 15 is 0 Å². The van der Waals surface area contributed by atoms with Gasteiger partial charge in [0.05, 0.1) is 13.2 Å². The maximum atomic E-state index is 11.6. The Labute approximate surface area is 235 Å². The third-order valence-corrected chi connectivity index (χ3v) is 6.59. The Hall–Kier alpha value is -3.75. The van der Waals surface area contributed by atoms with Crippen LogP contribution < -0.4 is 18.9 Å². The predicted molar refractivity (Wildman–Crippen MR) is 151 cm³/mol. The van der Waals surface area contributed by atoms with Gasteiger partial charge in [-0.3, -0.25) is 0 Å². The monoisotopic (exact) mass is 550 g/mol. The molecule has 8 nitrogen and oxygen atoms in total. The Morgan fingerprint density at radius 1 is 0.675 bits per heavy atom. The van der Waals surface area contributed by atoms with Gasteiger partial charge in [0.1, 0.15) is 38.6 Å². The summed E-state index contributed by atoms with van der Waals surface area (Å²) in [6.45, 7) is 1.18. The van der Waals surface area contributed by atoms with Crippen molar-refractivity contribution in [1.82, 2.24) is 0 Å². The number of aryl methyl sites for hydroxylation is 1. The molecule has 1 N–H and O–H groups in total. The number of unbranched alkanes of at least 4 members (excludes halogenated alkanes) is 2. The highest BCUT2D eigenvalue weighted by Gasteiger charge is 2.35. The minimum absolute atomic E-state index is 0.0822. The molecule has 4 rings (SSSR count). The van der Waals surface area contributed by atoms with Gasteiger partial charge in [0.15, 0.2) is 23.0 Å². The summed E-state index contributed by atoms with van der Waals surface area (Å²) in [6.07, 6.45) is 4.31. The van der Waals surface area contributed by atoms with Crippen LogP contribution in [-0.2, 0) is 20.7 Å². The Morgan fingerprint density at radius 2 is 1.20 bits per heavy atom. The maximum Gasteiger partial charge on any atom is 0.329 e. The summed E-state index contributed by atoms with van der Waals surface area (Å²) in [5.74, 6) is 1.20. The molecule has 3 aromatic carbocycles.